The van der Waals surface area contributed by atoms with Crippen LogP contribution in [0, 0.1) is 5.92 Å². The molecule has 1 aliphatic heterocycles. The number of carbonyl (C=O) groups excluding carboxylic acids is 1. The van der Waals surface area contributed by atoms with Gasteiger partial charge in [-0.1, -0.05) is 0 Å². The third kappa shape index (κ3) is 7.55. The van der Waals surface area contributed by atoms with Crippen molar-refractivity contribution in [3.63, 3.8) is 0 Å². The SMILES string of the molecule is CCNC(=NCCc1ccc(Br)o1)N1CCC(CC(=O)NC)CC1.I. The van der Waals surface area contributed by atoms with Crippen LogP contribution in [0.2, 0.25) is 0 Å². The van der Waals surface area contributed by atoms with Crippen LogP contribution >= 0.6 is 39.9 Å². The van der Waals surface area contributed by atoms with Crippen LogP contribution in [-0.2, 0) is 11.2 Å². The molecule has 8 heteroatoms. The fraction of sp³-hybridized carbons (Fsp3) is 0.647. The maximum atomic E-state index is 11.5. The number of halogens is 2. The molecular formula is C17H28BrIN4O2. The highest BCUT2D eigenvalue weighted by atomic mass is 127. The number of hydrogen-bond acceptors (Lipinski definition) is 3. The molecule has 1 aromatic rings. The summed E-state index contributed by atoms with van der Waals surface area (Å²) in [5, 5.41) is 6.08. The lowest BCUT2D eigenvalue weighted by Crippen LogP contribution is -2.46. The summed E-state index contributed by atoms with van der Waals surface area (Å²) in [4.78, 5) is 18.5. The Morgan fingerprint density at radius 2 is 2.12 bits per heavy atom. The lowest BCUT2D eigenvalue weighted by atomic mass is 9.93. The Kier molecular flexibility index (Phi) is 10.5. The number of nitrogens with zero attached hydrogens (tertiary/aromatic N) is 2. The third-order valence-corrected chi connectivity index (χ3v) is 4.68. The molecule has 0 radical (unpaired) electrons. The molecule has 1 fully saturated rings. The van der Waals surface area contributed by atoms with Gasteiger partial charge in [0.15, 0.2) is 10.6 Å². The summed E-state index contributed by atoms with van der Waals surface area (Å²) < 4.78 is 6.26. The van der Waals surface area contributed by atoms with Crippen molar-refractivity contribution in [1.82, 2.24) is 15.5 Å². The van der Waals surface area contributed by atoms with Gasteiger partial charge in [-0.25, -0.2) is 0 Å². The number of guanidine groups is 1. The van der Waals surface area contributed by atoms with E-state index >= 15 is 0 Å². The molecule has 0 bridgehead atoms. The second-order valence-electron chi connectivity index (χ2n) is 6.00. The van der Waals surface area contributed by atoms with Crippen molar-refractivity contribution in [2.75, 3.05) is 33.2 Å². The minimum Gasteiger partial charge on any atom is -0.454 e. The van der Waals surface area contributed by atoms with Gasteiger partial charge in [-0.15, -0.1) is 24.0 Å². The lowest BCUT2D eigenvalue weighted by Gasteiger charge is -2.34. The van der Waals surface area contributed by atoms with Crippen LogP contribution < -0.4 is 10.6 Å². The molecule has 1 aromatic heterocycles. The molecule has 1 saturated heterocycles. The van der Waals surface area contributed by atoms with E-state index < -0.39 is 0 Å². The van der Waals surface area contributed by atoms with Gasteiger partial charge >= 0.3 is 0 Å². The Morgan fingerprint density at radius 1 is 1.40 bits per heavy atom. The van der Waals surface area contributed by atoms with Crippen LogP contribution in [-0.4, -0.2) is 50.0 Å². The summed E-state index contributed by atoms with van der Waals surface area (Å²) in [5.74, 6) is 2.51. The zero-order valence-electron chi connectivity index (χ0n) is 14.9. The lowest BCUT2D eigenvalue weighted by molar-refractivity contribution is -0.121. The van der Waals surface area contributed by atoms with E-state index in [4.69, 9.17) is 9.41 Å². The smallest absolute Gasteiger partial charge is 0.220 e. The Balaban J connectivity index is 0.00000312. The van der Waals surface area contributed by atoms with Gasteiger partial charge in [-0.05, 0) is 53.7 Å². The number of piperidine rings is 1. The highest BCUT2D eigenvalue weighted by molar-refractivity contribution is 14.0. The van der Waals surface area contributed by atoms with E-state index in [0.29, 0.717) is 18.9 Å². The van der Waals surface area contributed by atoms with E-state index in [-0.39, 0.29) is 29.9 Å². The van der Waals surface area contributed by atoms with E-state index in [9.17, 15) is 4.79 Å². The average Bonchev–Trinajstić information content (AvgIpc) is 3.00. The van der Waals surface area contributed by atoms with E-state index in [0.717, 1.165) is 55.3 Å². The molecule has 6 nitrogen and oxygen atoms in total. The average molecular weight is 527 g/mol. The summed E-state index contributed by atoms with van der Waals surface area (Å²) in [5.41, 5.74) is 0. The summed E-state index contributed by atoms with van der Waals surface area (Å²) in [6.45, 7) is 5.51. The first-order chi connectivity index (χ1) is 11.6. The summed E-state index contributed by atoms with van der Waals surface area (Å²) in [6, 6.07) is 3.87. The molecule has 0 atom stereocenters. The Bertz CT molecular complexity index is 557. The number of hydrogen-bond donors (Lipinski definition) is 2. The second kappa shape index (κ2) is 11.8. The number of likely N-dealkylation sites (tertiary alicyclic amines) is 1. The molecular weight excluding hydrogens is 499 g/mol. The summed E-state index contributed by atoms with van der Waals surface area (Å²) in [6.07, 6.45) is 3.48. The van der Waals surface area contributed by atoms with Gasteiger partial charge in [0.1, 0.15) is 5.76 Å². The first-order valence-corrected chi connectivity index (χ1v) is 9.39. The first kappa shape index (κ1) is 22.3. The van der Waals surface area contributed by atoms with Crippen molar-refractivity contribution in [3.8, 4) is 0 Å². The molecule has 2 heterocycles. The molecule has 0 aliphatic carbocycles. The van der Waals surface area contributed by atoms with Crippen LogP contribution in [0.4, 0.5) is 0 Å². The minimum atomic E-state index is 0. The fourth-order valence-corrected chi connectivity index (χ4v) is 3.24. The van der Waals surface area contributed by atoms with Crippen molar-refractivity contribution in [3.05, 3.63) is 22.6 Å². The van der Waals surface area contributed by atoms with Crippen molar-refractivity contribution in [1.29, 1.82) is 0 Å². The molecule has 1 amide bonds. The predicted octanol–water partition coefficient (Wildman–Crippen LogP) is 3.02. The van der Waals surface area contributed by atoms with Crippen molar-refractivity contribution >= 4 is 51.8 Å². The van der Waals surface area contributed by atoms with E-state index in [1.807, 2.05) is 12.1 Å². The molecule has 25 heavy (non-hydrogen) atoms. The van der Waals surface area contributed by atoms with E-state index in [1.165, 1.54) is 0 Å². The maximum Gasteiger partial charge on any atom is 0.220 e. The normalized spacial score (nSPS) is 15.6. The van der Waals surface area contributed by atoms with Gasteiger partial charge < -0.3 is 20.0 Å². The molecule has 0 aromatic carbocycles. The monoisotopic (exact) mass is 526 g/mol. The van der Waals surface area contributed by atoms with Gasteiger partial charge in [-0.2, -0.15) is 0 Å². The topological polar surface area (TPSA) is 69.9 Å². The van der Waals surface area contributed by atoms with Gasteiger partial charge in [0.2, 0.25) is 5.91 Å². The molecule has 142 valence electrons. The van der Waals surface area contributed by atoms with Gasteiger partial charge in [0, 0.05) is 46.1 Å². The van der Waals surface area contributed by atoms with Crippen LogP contribution in [0.5, 0.6) is 0 Å². The fourth-order valence-electron chi connectivity index (χ4n) is 2.90. The van der Waals surface area contributed by atoms with Crippen LogP contribution in [0.15, 0.2) is 26.2 Å². The Labute approximate surface area is 175 Å². The molecule has 2 N–H and O–H groups in total. The molecule has 0 spiro atoms. The number of nitrogens with one attached hydrogen (secondary N) is 2. The maximum absolute atomic E-state index is 11.5. The van der Waals surface area contributed by atoms with Gasteiger partial charge in [-0.3, -0.25) is 9.79 Å². The van der Waals surface area contributed by atoms with Gasteiger partial charge in [0.25, 0.3) is 0 Å². The molecule has 0 unspecified atom stereocenters. The first-order valence-electron chi connectivity index (χ1n) is 8.60. The number of furan rings is 1. The zero-order valence-corrected chi connectivity index (χ0v) is 18.8. The summed E-state index contributed by atoms with van der Waals surface area (Å²) in [7, 11) is 1.70. The number of amides is 1. The Morgan fingerprint density at radius 3 is 2.68 bits per heavy atom. The molecule has 0 saturated carbocycles. The quantitative estimate of drug-likeness (QED) is 0.339. The largest absolute Gasteiger partial charge is 0.454 e. The summed E-state index contributed by atoms with van der Waals surface area (Å²) >= 11 is 3.32. The highest BCUT2D eigenvalue weighted by Gasteiger charge is 2.22. The Hall–Kier alpha value is -0.770. The predicted molar refractivity (Wildman–Crippen MR) is 114 cm³/mol. The van der Waals surface area contributed by atoms with Gasteiger partial charge in [0.05, 0.1) is 0 Å². The number of rotatable bonds is 6. The van der Waals surface area contributed by atoms with Crippen molar-refractivity contribution in [2.45, 2.75) is 32.6 Å². The van der Waals surface area contributed by atoms with Crippen LogP contribution in [0.1, 0.15) is 31.9 Å². The standard InChI is InChI=1S/C17H27BrN4O2.HI/c1-3-20-17(21-9-6-14-4-5-15(18)24-14)22-10-7-13(8-11-22)12-16(23)19-2;/h4-5,13H,3,6-12H2,1-2H3,(H,19,23)(H,20,21);1H. The highest BCUT2D eigenvalue weighted by Crippen LogP contribution is 2.20. The second-order valence-corrected chi connectivity index (χ2v) is 6.78. The van der Waals surface area contributed by atoms with Crippen LogP contribution in [0.3, 0.4) is 0 Å². The van der Waals surface area contributed by atoms with Crippen molar-refractivity contribution in [2.24, 2.45) is 10.9 Å². The molecule has 1 aliphatic rings. The van der Waals surface area contributed by atoms with E-state index in [1.54, 1.807) is 7.05 Å². The zero-order chi connectivity index (χ0) is 17.4. The number of aliphatic imine (C=N–C) groups is 1. The minimum absolute atomic E-state index is 0. The van der Waals surface area contributed by atoms with E-state index in [2.05, 4.69) is 38.4 Å². The van der Waals surface area contributed by atoms with Crippen molar-refractivity contribution < 1.29 is 9.21 Å². The molecule has 2 rings (SSSR count). The third-order valence-electron chi connectivity index (χ3n) is 4.25. The number of carbonyl (C=O) groups is 1. The van der Waals surface area contributed by atoms with Crippen LogP contribution in [0.25, 0.3) is 0 Å².